The fourth-order valence-corrected chi connectivity index (χ4v) is 1.47. The molecule has 0 fully saturated rings. The maximum absolute atomic E-state index is 10.7. The topological polar surface area (TPSA) is 39.2 Å². The van der Waals surface area contributed by atoms with Crippen molar-refractivity contribution in [2.45, 2.75) is 6.92 Å². The van der Waals surface area contributed by atoms with Crippen LogP contribution < -0.4 is 4.74 Å². The van der Waals surface area contributed by atoms with Crippen LogP contribution in [0.25, 0.3) is 6.08 Å². The minimum atomic E-state index is 0.123. The molecule has 0 saturated carbocycles. The van der Waals surface area contributed by atoms with Gasteiger partial charge >= 0.3 is 0 Å². The zero-order valence-electron chi connectivity index (χ0n) is 8.77. The zero-order valence-corrected chi connectivity index (χ0v) is 9.58. The van der Waals surface area contributed by atoms with E-state index in [4.69, 9.17) is 4.74 Å². The van der Waals surface area contributed by atoms with Gasteiger partial charge in [0.25, 0.3) is 0 Å². The molecule has 0 aliphatic heterocycles. The van der Waals surface area contributed by atoms with Crippen molar-refractivity contribution in [3.8, 4) is 5.75 Å². The molecule has 0 radical (unpaired) electrons. The third-order valence-electron chi connectivity index (χ3n) is 1.71. The third-order valence-corrected chi connectivity index (χ3v) is 2.48. The molecule has 1 aromatic rings. The summed E-state index contributed by atoms with van der Waals surface area (Å²) in [6, 6.07) is 1.80. The van der Waals surface area contributed by atoms with Gasteiger partial charge in [-0.05, 0) is 6.07 Å². The van der Waals surface area contributed by atoms with E-state index in [0.29, 0.717) is 5.75 Å². The summed E-state index contributed by atoms with van der Waals surface area (Å²) >= 11 is 1.28. The van der Waals surface area contributed by atoms with Gasteiger partial charge in [0.15, 0.2) is 5.12 Å². The Morgan fingerprint density at radius 2 is 2.47 bits per heavy atom. The maximum atomic E-state index is 10.7. The normalized spacial score (nSPS) is 10.5. The predicted molar refractivity (Wildman–Crippen MR) is 63.0 cm³/mol. The molecule has 0 spiro atoms. The van der Waals surface area contributed by atoms with E-state index in [1.165, 1.54) is 11.8 Å². The molecular weight excluding hydrogens is 210 g/mol. The lowest BCUT2D eigenvalue weighted by Gasteiger charge is -2.02. The highest BCUT2D eigenvalue weighted by atomic mass is 32.2. The van der Waals surface area contributed by atoms with Gasteiger partial charge in [0, 0.05) is 30.6 Å². The van der Waals surface area contributed by atoms with Crippen LogP contribution in [0.2, 0.25) is 0 Å². The fourth-order valence-electron chi connectivity index (χ4n) is 1.05. The second-order valence-corrected chi connectivity index (χ2v) is 4.02. The average Bonchev–Trinajstić information content (AvgIpc) is 2.24. The quantitative estimate of drug-likeness (QED) is 0.785. The molecule has 3 nitrogen and oxygen atoms in total. The van der Waals surface area contributed by atoms with Crippen molar-refractivity contribution in [2.24, 2.45) is 0 Å². The molecule has 0 saturated heterocycles. The summed E-state index contributed by atoms with van der Waals surface area (Å²) in [4.78, 5) is 14.7. The molecule has 0 amide bonds. The highest BCUT2D eigenvalue weighted by molar-refractivity contribution is 8.13. The van der Waals surface area contributed by atoms with Crippen molar-refractivity contribution in [3.63, 3.8) is 0 Å². The number of aromatic nitrogens is 1. The van der Waals surface area contributed by atoms with Crippen molar-refractivity contribution in [1.29, 1.82) is 0 Å². The van der Waals surface area contributed by atoms with Crippen LogP contribution in [0, 0.1) is 0 Å². The largest absolute Gasteiger partial charge is 0.496 e. The molecule has 1 heterocycles. The van der Waals surface area contributed by atoms with Crippen LogP contribution in [0.1, 0.15) is 12.5 Å². The van der Waals surface area contributed by atoms with Crippen molar-refractivity contribution in [3.05, 3.63) is 30.1 Å². The number of thioether (sulfide) groups is 1. The number of pyridine rings is 1. The zero-order chi connectivity index (χ0) is 11.1. The SMILES string of the molecule is COc1ccncc1C=CCSC(C)=O. The lowest BCUT2D eigenvalue weighted by Crippen LogP contribution is -1.87. The lowest BCUT2D eigenvalue weighted by atomic mass is 10.2. The number of carbonyl (C=O) groups is 1. The number of carbonyl (C=O) groups excluding carboxylic acids is 1. The van der Waals surface area contributed by atoms with Crippen molar-refractivity contribution in [1.82, 2.24) is 4.98 Å². The lowest BCUT2D eigenvalue weighted by molar-refractivity contribution is -0.109. The standard InChI is InChI=1S/C11H13NO2S/c1-9(13)15-7-3-4-10-8-12-6-5-11(10)14-2/h3-6,8H,7H2,1-2H3. The van der Waals surface area contributed by atoms with Crippen molar-refractivity contribution < 1.29 is 9.53 Å². The van der Waals surface area contributed by atoms with E-state index < -0.39 is 0 Å². The Bertz CT molecular complexity index is 363. The van der Waals surface area contributed by atoms with Gasteiger partial charge in [0.2, 0.25) is 0 Å². The minimum Gasteiger partial charge on any atom is -0.496 e. The third kappa shape index (κ3) is 4.16. The molecule has 1 aromatic heterocycles. The van der Waals surface area contributed by atoms with Gasteiger partial charge in [0.05, 0.1) is 7.11 Å². The molecule has 0 unspecified atom stereocenters. The van der Waals surface area contributed by atoms with E-state index in [2.05, 4.69) is 4.98 Å². The number of nitrogens with zero attached hydrogens (tertiary/aromatic N) is 1. The molecule has 15 heavy (non-hydrogen) atoms. The molecule has 80 valence electrons. The number of rotatable bonds is 4. The summed E-state index contributed by atoms with van der Waals surface area (Å²) < 4.78 is 5.16. The van der Waals surface area contributed by atoms with Gasteiger partial charge < -0.3 is 4.74 Å². The molecule has 0 aromatic carbocycles. The Morgan fingerprint density at radius 1 is 1.67 bits per heavy atom. The summed E-state index contributed by atoms with van der Waals surface area (Å²) in [5.74, 6) is 1.46. The first-order chi connectivity index (χ1) is 7.24. The van der Waals surface area contributed by atoms with Crippen LogP contribution in [0.3, 0.4) is 0 Å². The molecule has 1 rings (SSSR count). The van der Waals surface area contributed by atoms with Crippen molar-refractivity contribution >= 4 is 23.0 Å². The number of hydrogen-bond acceptors (Lipinski definition) is 4. The summed E-state index contributed by atoms with van der Waals surface area (Å²) in [7, 11) is 1.62. The number of ether oxygens (including phenoxy) is 1. The Hall–Kier alpha value is -1.29. The minimum absolute atomic E-state index is 0.123. The van der Waals surface area contributed by atoms with Crippen LogP contribution in [0.5, 0.6) is 5.75 Å². The Morgan fingerprint density at radius 3 is 3.13 bits per heavy atom. The first-order valence-electron chi connectivity index (χ1n) is 4.52. The molecule has 0 aliphatic rings. The smallest absolute Gasteiger partial charge is 0.186 e. The van der Waals surface area contributed by atoms with Crippen LogP contribution in [0.15, 0.2) is 24.5 Å². The highest BCUT2D eigenvalue weighted by Gasteiger charge is 1.97. The van der Waals surface area contributed by atoms with Gasteiger partial charge in [-0.1, -0.05) is 23.9 Å². The number of hydrogen-bond donors (Lipinski definition) is 0. The first kappa shape index (κ1) is 11.8. The van der Waals surface area contributed by atoms with E-state index in [1.54, 1.807) is 32.5 Å². The van der Waals surface area contributed by atoms with Crippen LogP contribution >= 0.6 is 11.8 Å². The van der Waals surface area contributed by atoms with Gasteiger partial charge in [-0.15, -0.1) is 0 Å². The van der Waals surface area contributed by atoms with Gasteiger partial charge in [-0.2, -0.15) is 0 Å². The number of methoxy groups -OCH3 is 1. The van der Waals surface area contributed by atoms with Crippen LogP contribution in [-0.2, 0) is 4.79 Å². The molecule has 0 atom stereocenters. The maximum Gasteiger partial charge on any atom is 0.186 e. The van der Waals surface area contributed by atoms with Gasteiger partial charge in [-0.25, -0.2) is 0 Å². The fraction of sp³-hybridized carbons (Fsp3) is 0.273. The molecule has 0 bridgehead atoms. The Labute approximate surface area is 93.5 Å². The molecule has 4 heteroatoms. The Kier molecular flexibility index (Phi) is 4.90. The van der Waals surface area contributed by atoms with E-state index in [1.807, 2.05) is 12.2 Å². The van der Waals surface area contributed by atoms with Crippen LogP contribution in [-0.4, -0.2) is 23.0 Å². The monoisotopic (exact) mass is 223 g/mol. The van der Waals surface area contributed by atoms with E-state index >= 15 is 0 Å². The molecular formula is C11H13NO2S. The van der Waals surface area contributed by atoms with E-state index in [0.717, 1.165) is 11.3 Å². The van der Waals surface area contributed by atoms with Crippen LogP contribution in [0.4, 0.5) is 0 Å². The van der Waals surface area contributed by atoms with E-state index in [9.17, 15) is 4.79 Å². The van der Waals surface area contributed by atoms with Gasteiger partial charge in [0.1, 0.15) is 5.75 Å². The van der Waals surface area contributed by atoms with Crippen molar-refractivity contribution in [2.75, 3.05) is 12.9 Å². The second kappa shape index (κ2) is 6.24. The first-order valence-corrected chi connectivity index (χ1v) is 5.50. The predicted octanol–water partition coefficient (Wildman–Crippen LogP) is 2.38. The Balaban J connectivity index is 2.59. The summed E-state index contributed by atoms with van der Waals surface area (Å²) in [5.41, 5.74) is 0.921. The molecule has 0 aliphatic carbocycles. The summed E-state index contributed by atoms with van der Waals surface area (Å²) in [5, 5.41) is 0.123. The van der Waals surface area contributed by atoms with Gasteiger partial charge in [-0.3, -0.25) is 9.78 Å². The highest BCUT2D eigenvalue weighted by Crippen LogP contribution is 2.17. The second-order valence-electron chi connectivity index (χ2n) is 2.82. The summed E-state index contributed by atoms with van der Waals surface area (Å²) in [6.07, 6.45) is 7.24. The van der Waals surface area contributed by atoms with E-state index in [-0.39, 0.29) is 5.12 Å². The average molecular weight is 223 g/mol. The molecule has 0 N–H and O–H groups in total. The summed E-state index contributed by atoms with van der Waals surface area (Å²) in [6.45, 7) is 1.56.